The van der Waals surface area contributed by atoms with Crippen LogP contribution in [0.3, 0.4) is 0 Å². The number of amides is 1. The van der Waals surface area contributed by atoms with E-state index < -0.39 is 0 Å². The Kier molecular flexibility index (Phi) is 6.24. The van der Waals surface area contributed by atoms with Gasteiger partial charge in [-0.2, -0.15) is 5.10 Å². The molecule has 1 aromatic heterocycles. The van der Waals surface area contributed by atoms with E-state index in [-0.39, 0.29) is 18.5 Å². The van der Waals surface area contributed by atoms with E-state index in [0.717, 1.165) is 28.9 Å². The lowest BCUT2D eigenvalue weighted by Crippen LogP contribution is -2.32. The molecule has 1 unspecified atom stereocenters. The summed E-state index contributed by atoms with van der Waals surface area (Å²) in [6.45, 7) is 8.36. The first-order valence-corrected chi connectivity index (χ1v) is 9.75. The highest BCUT2D eigenvalue weighted by molar-refractivity contribution is 5.77. The normalized spacial score (nSPS) is 12.2. The first-order valence-electron chi connectivity index (χ1n) is 9.75. The van der Waals surface area contributed by atoms with Crippen LogP contribution < -0.4 is 5.32 Å². The summed E-state index contributed by atoms with van der Waals surface area (Å²) in [6, 6.07) is 18.1. The number of nitrogens with zero attached hydrogens (tertiary/aromatic N) is 3. The number of aromatic nitrogens is 3. The van der Waals surface area contributed by atoms with E-state index in [9.17, 15) is 4.79 Å². The molecule has 1 atom stereocenters. The molecule has 146 valence electrons. The van der Waals surface area contributed by atoms with Crippen LogP contribution in [0, 0.1) is 19.8 Å². The van der Waals surface area contributed by atoms with Crippen molar-refractivity contribution in [2.45, 2.75) is 46.7 Å². The summed E-state index contributed by atoms with van der Waals surface area (Å²) in [5, 5.41) is 7.64. The third-order valence-corrected chi connectivity index (χ3v) is 4.70. The third kappa shape index (κ3) is 4.85. The monoisotopic (exact) mass is 376 g/mol. The number of rotatable bonds is 7. The first-order chi connectivity index (χ1) is 13.4. The summed E-state index contributed by atoms with van der Waals surface area (Å²) in [7, 11) is 0. The van der Waals surface area contributed by atoms with Gasteiger partial charge in [-0.3, -0.25) is 4.79 Å². The van der Waals surface area contributed by atoms with Crippen LogP contribution in [0.4, 0.5) is 0 Å². The Balaban J connectivity index is 1.80. The molecule has 0 aliphatic rings. The minimum Gasteiger partial charge on any atom is -0.348 e. The van der Waals surface area contributed by atoms with Gasteiger partial charge in [0.15, 0.2) is 5.82 Å². The maximum Gasteiger partial charge on any atom is 0.242 e. The second-order valence-corrected chi connectivity index (χ2v) is 7.62. The Morgan fingerprint density at radius 3 is 2.39 bits per heavy atom. The Morgan fingerprint density at radius 1 is 1.04 bits per heavy atom. The van der Waals surface area contributed by atoms with Crippen molar-refractivity contribution >= 4 is 5.91 Å². The molecule has 0 aliphatic heterocycles. The fraction of sp³-hybridized carbons (Fsp3) is 0.348. The molecular weight excluding hydrogens is 348 g/mol. The fourth-order valence-electron chi connectivity index (χ4n) is 3.40. The minimum atomic E-state index is -0.0609. The van der Waals surface area contributed by atoms with Gasteiger partial charge in [-0.15, -0.1) is 0 Å². The molecule has 0 spiro atoms. The molecule has 1 N–H and O–H groups in total. The van der Waals surface area contributed by atoms with Crippen LogP contribution in [0.25, 0.3) is 11.4 Å². The number of aryl methyl sites for hydroxylation is 2. The van der Waals surface area contributed by atoms with Crippen molar-refractivity contribution in [3.63, 3.8) is 0 Å². The lowest BCUT2D eigenvalue weighted by atomic mass is 9.97. The van der Waals surface area contributed by atoms with Crippen LogP contribution in [-0.4, -0.2) is 20.7 Å². The van der Waals surface area contributed by atoms with Crippen LogP contribution >= 0.6 is 0 Å². The summed E-state index contributed by atoms with van der Waals surface area (Å²) >= 11 is 0. The molecule has 3 rings (SSSR count). The lowest BCUT2D eigenvalue weighted by Gasteiger charge is -2.21. The molecule has 2 aromatic carbocycles. The Hall–Kier alpha value is -2.95. The largest absolute Gasteiger partial charge is 0.348 e. The molecule has 0 radical (unpaired) electrons. The summed E-state index contributed by atoms with van der Waals surface area (Å²) < 4.78 is 1.70. The Morgan fingerprint density at radius 2 is 1.71 bits per heavy atom. The smallest absolute Gasteiger partial charge is 0.242 e. The van der Waals surface area contributed by atoms with Gasteiger partial charge < -0.3 is 5.32 Å². The number of hydrogen-bond donors (Lipinski definition) is 1. The van der Waals surface area contributed by atoms with E-state index in [1.54, 1.807) is 4.68 Å². The highest BCUT2D eigenvalue weighted by Gasteiger charge is 2.19. The molecule has 1 heterocycles. The Bertz CT molecular complexity index is 931. The lowest BCUT2D eigenvalue weighted by molar-refractivity contribution is -0.122. The zero-order valence-corrected chi connectivity index (χ0v) is 17.0. The van der Waals surface area contributed by atoms with Crippen LogP contribution in [0.15, 0.2) is 54.6 Å². The summed E-state index contributed by atoms with van der Waals surface area (Å²) in [5.74, 6) is 1.80. The molecule has 28 heavy (non-hydrogen) atoms. The van der Waals surface area contributed by atoms with Crippen molar-refractivity contribution in [2.24, 2.45) is 5.92 Å². The molecule has 1 amide bonds. The molecule has 0 fully saturated rings. The van der Waals surface area contributed by atoms with Crippen LogP contribution in [0.5, 0.6) is 0 Å². The summed E-state index contributed by atoms with van der Waals surface area (Å²) in [6.07, 6.45) is 0.886. The van der Waals surface area contributed by atoms with Crippen LogP contribution in [0.1, 0.15) is 43.3 Å². The zero-order valence-electron chi connectivity index (χ0n) is 17.0. The fourth-order valence-corrected chi connectivity index (χ4v) is 3.40. The number of nitrogens with one attached hydrogen (secondary N) is 1. The summed E-state index contributed by atoms with van der Waals surface area (Å²) in [5.41, 5.74) is 3.23. The topological polar surface area (TPSA) is 59.8 Å². The van der Waals surface area contributed by atoms with E-state index in [2.05, 4.69) is 41.4 Å². The molecular formula is C23H28N4O. The zero-order chi connectivity index (χ0) is 20.1. The van der Waals surface area contributed by atoms with Gasteiger partial charge in [0, 0.05) is 5.56 Å². The number of benzene rings is 2. The first kappa shape index (κ1) is 19.8. The number of hydrogen-bond acceptors (Lipinski definition) is 3. The van der Waals surface area contributed by atoms with Gasteiger partial charge in [-0.25, -0.2) is 9.67 Å². The minimum absolute atomic E-state index is 0.0137. The van der Waals surface area contributed by atoms with Crippen molar-refractivity contribution in [1.29, 1.82) is 0 Å². The van der Waals surface area contributed by atoms with Crippen LogP contribution in [-0.2, 0) is 11.3 Å². The van der Waals surface area contributed by atoms with Gasteiger partial charge in [-0.05, 0) is 37.3 Å². The van der Waals surface area contributed by atoms with Crippen molar-refractivity contribution in [3.8, 4) is 11.4 Å². The van der Waals surface area contributed by atoms with Crippen LogP contribution in [0.2, 0.25) is 0 Å². The van der Waals surface area contributed by atoms with Gasteiger partial charge in [0.2, 0.25) is 5.91 Å². The average molecular weight is 377 g/mol. The molecule has 0 bridgehead atoms. The predicted octanol–water partition coefficient (Wildman–Crippen LogP) is 4.47. The summed E-state index contributed by atoms with van der Waals surface area (Å²) in [4.78, 5) is 17.4. The SMILES string of the molecule is Cc1nc(-c2ccccc2C)n(CC(=O)NC(CC(C)C)c2ccccc2)n1. The number of carbonyl (C=O) groups is 1. The quantitative estimate of drug-likeness (QED) is 0.662. The second-order valence-electron chi connectivity index (χ2n) is 7.62. The third-order valence-electron chi connectivity index (χ3n) is 4.70. The van der Waals surface area contributed by atoms with Gasteiger partial charge in [0.25, 0.3) is 0 Å². The van der Waals surface area contributed by atoms with Crippen molar-refractivity contribution in [2.75, 3.05) is 0 Å². The second kappa shape index (κ2) is 8.83. The number of carbonyl (C=O) groups excluding carboxylic acids is 1. The van der Waals surface area contributed by atoms with E-state index in [1.807, 2.05) is 56.3 Å². The van der Waals surface area contributed by atoms with Gasteiger partial charge in [0.05, 0.1) is 6.04 Å². The van der Waals surface area contributed by atoms with E-state index in [0.29, 0.717) is 11.7 Å². The van der Waals surface area contributed by atoms with Gasteiger partial charge in [0.1, 0.15) is 12.4 Å². The molecule has 5 heteroatoms. The van der Waals surface area contributed by atoms with E-state index in [1.165, 1.54) is 0 Å². The highest BCUT2D eigenvalue weighted by Crippen LogP contribution is 2.23. The predicted molar refractivity (Wildman–Crippen MR) is 112 cm³/mol. The molecule has 0 aliphatic carbocycles. The maximum atomic E-state index is 12.9. The van der Waals surface area contributed by atoms with E-state index >= 15 is 0 Å². The Labute approximate surface area is 166 Å². The maximum absolute atomic E-state index is 12.9. The molecule has 3 aromatic rings. The molecule has 0 saturated heterocycles. The van der Waals surface area contributed by atoms with Gasteiger partial charge >= 0.3 is 0 Å². The van der Waals surface area contributed by atoms with Crippen molar-refractivity contribution in [1.82, 2.24) is 20.1 Å². The van der Waals surface area contributed by atoms with E-state index in [4.69, 9.17) is 0 Å². The standard InChI is InChI=1S/C23H28N4O/c1-16(2)14-21(19-11-6-5-7-12-19)25-22(28)15-27-23(24-18(4)26-27)20-13-9-8-10-17(20)3/h5-13,16,21H,14-15H2,1-4H3,(H,25,28). The molecule has 0 saturated carbocycles. The average Bonchev–Trinajstić information content (AvgIpc) is 3.01. The van der Waals surface area contributed by atoms with Gasteiger partial charge in [-0.1, -0.05) is 68.4 Å². The molecule has 5 nitrogen and oxygen atoms in total. The highest BCUT2D eigenvalue weighted by atomic mass is 16.2. The van der Waals surface area contributed by atoms with Crippen molar-refractivity contribution < 1.29 is 4.79 Å². The van der Waals surface area contributed by atoms with Crippen molar-refractivity contribution in [3.05, 3.63) is 71.5 Å².